The van der Waals surface area contributed by atoms with Crippen LogP contribution in [-0.4, -0.2) is 24.1 Å². The fourth-order valence-corrected chi connectivity index (χ4v) is 4.17. The van der Waals surface area contributed by atoms with Crippen LogP contribution in [0.15, 0.2) is 89.2 Å². The van der Waals surface area contributed by atoms with Crippen molar-refractivity contribution in [3.8, 4) is 17.0 Å². The Bertz CT molecular complexity index is 1220. The summed E-state index contributed by atoms with van der Waals surface area (Å²) in [6.07, 6.45) is 2.03. The van der Waals surface area contributed by atoms with Crippen molar-refractivity contribution in [3.05, 3.63) is 95.4 Å². The molecular formula is C28H31N5OS. The molecule has 3 aromatic carbocycles. The van der Waals surface area contributed by atoms with E-state index in [-0.39, 0.29) is 0 Å². The highest BCUT2D eigenvalue weighted by Crippen LogP contribution is 2.27. The zero-order valence-corrected chi connectivity index (χ0v) is 20.7. The van der Waals surface area contributed by atoms with Crippen molar-refractivity contribution in [2.24, 2.45) is 10.7 Å². The van der Waals surface area contributed by atoms with E-state index in [1.165, 1.54) is 16.9 Å². The lowest BCUT2D eigenvalue weighted by atomic mass is 10.2. The van der Waals surface area contributed by atoms with E-state index in [1.807, 2.05) is 60.0 Å². The standard InChI is InChI=1S/C28H31N5OS/c1-21-12-14-24(15-13-21)30-16-5-6-17-34-25-11-7-10-23(18-25)26-20-35-28(32-26)33-27(29)31-19-22-8-3-2-4-9-22/h2-4,7-15,18,20,30H,5-6,16-17,19H2,1H3,(H3,29,31,32,33). The maximum Gasteiger partial charge on any atom is 0.195 e. The van der Waals surface area contributed by atoms with E-state index < -0.39 is 0 Å². The second-order valence-electron chi connectivity index (χ2n) is 8.23. The van der Waals surface area contributed by atoms with Gasteiger partial charge in [-0.15, -0.1) is 11.3 Å². The van der Waals surface area contributed by atoms with Gasteiger partial charge < -0.3 is 21.1 Å². The first-order valence-electron chi connectivity index (χ1n) is 11.8. The molecule has 6 nitrogen and oxygen atoms in total. The molecule has 0 saturated heterocycles. The molecule has 7 heteroatoms. The molecule has 0 aliphatic heterocycles. The minimum absolute atomic E-state index is 0.351. The highest BCUT2D eigenvalue weighted by Gasteiger charge is 2.07. The Labute approximate surface area is 210 Å². The fraction of sp³-hybridized carbons (Fsp3) is 0.214. The summed E-state index contributed by atoms with van der Waals surface area (Å²) in [6.45, 7) is 4.23. The van der Waals surface area contributed by atoms with E-state index >= 15 is 0 Å². The smallest absolute Gasteiger partial charge is 0.195 e. The number of rotatable bonds is 11. The minimum atomic E-state index is 0.351. The largest absolute Gasteiger partial charge is 0.494 e. The van der Waals surface area contributed by atoms with Crippen LogP contribution in [0, 0.1) is 6.92 Å². The van der Waals surface area contributed by atoms with Gasteiger partial charge in [0.25, 0.3) is 0 Å². The van der Waals surface area contributed by atoms with E-state index in [2.05, 4.69) is 51.8 Å². The number of aromatic nitrogens is 1. The molecule has 4 rings (SSSR count). The number of thiazole rings is 1. The molecule has 180 valence electrons. The summed E-state index contributed by atoms with van der Waals surface area (Å²) in [5.74, 6) is 1.20. The van der Waals surface area contributed by atoms with Crippen molar-refractivity contribution >= 4 is 28.1 Å². The van der Waals surface area contributed by atoms with E-state index in [1.54, 1.807) is 0 Å². The topological polar surface area (TPSA) is 84.6 Å². The number of nitrogens with one attached hydrogen (secondary N) is 2. The first kappa shape index (κ1) is 24.3. The predicted molar refractivity (Wildman–Crippen MR) is 147 cm³/mol. The normalized spacial score (nSPS) is 11.3. The summed E-state index contributed by atoms with van der Waals surface area (Å²) in [7, 11) is 0. The zero-order chi connectivity index (χ0) is 24.3. The van der Waals surface area contributed by atoms with Crippen molar-refractivity contribution in [1.29, 1.82) is 0 Å². The minimum Gasteiger partial charge on any atom is -0.494 e. The number of benzene rings is 3. The highest BCUT2D eigenvalue weighted by atomic mass is 32.1. The predicted octanol–water partition coefficient (Wildman–Crippen LogP) is 6.32. The summed E-state index contributed by atoms with van der Waals surface area (Å²) in [6, 6.07) is 26.5. The average molecular weight is 486 g/mol. The van der Waals surface area contributed by atoms with E-state index in [9.17, 15) is 0 Å². The van der Waals surface area contributed by atoms with Crippen LogP contribution in [0.5, 0.6) is 5.75 Å². The van der Waals surface area contributed by atoms with E-state index in [0.717, 1.165) is 47.6 Å². The number of hydrogen-bond acceptors (Lipinski definition) is 5. The number of aliphatic imine (C=N–C) groups is 1. The Morgan fingerprint density at radius 2 is 1.83 bits per heavy atom. The monoisotopic (exact) mass is 485 g/mol. The molecule has 0 saturated carbocycles. The molecule has 4 aromatic rings. The number of nitrogens with two attached hydrogens (primary N) is 1. The van der Waals surface area contributed by atoms with Crippen molar-refractivity contribution in [1.82, 2.24) is 4.98 Å². The van der Waals surface area contributed by atoms with Gasteiger partial charge in [-0.1, -0.05) is 60.2 Å². The summed E-state index contributed by atoms with van der Waals surface area (Å²) >= 11 is 1.50. The molecule has 1 aromatic heterocycles. The highest BCUT2D eigenvalue weighted by molar-refractivity contribution is 7.14. The number of guanidine groups is 1. The molecule has 35 heavy (non-hydrogen) atoms. The molecule has 0 aliphatic rings. The molecule has 0 amide bonds. The molecule has 0 bridgehead atoms. The van der Waals surface area contributed by atoms with Crippen molar-refractivity contribution in [2.75, 3.05) is 23.8 Å². The van der Waals surface area contributed by atoms with E-state index in [4.69, 9.17) is 10.5 Å². The van der Waals surface area contributed by atoms with Crippen LogP contribution in [0.4, 0.5) is 10.8 Å². The molecule has 0 spiro atoms. The van der Waals surface area contributed by atoms with Crippen LogP contribution in [0.3, 0.4) is 0 Å². The van der Waals surface area contributed by atoms with Gasteiger partial charge >= 0.3 is 0 Å². The summed E-state index contributed by atoms with van der Waals surface area (Å²) in [5, 5.41) is 9.24. The Morgan fingerprint density at radius 1 is 1.00 bits per heavy atom. The Balaban J connectivity index is 1.22. The fourth-order valence-electron chi connectivity index (χ4n) is 3.44. The Hall–Kier alpha value is -3.84. The van der Waals surface area contributed by atoms with Crippen LogP contribution in [-0.2, 0) is 6.54 Å². The lowest BCUT2D eigenvalue weighted by Crippen LogP contribution is -2.22. The first-order chi connectivity index (χ1) is 17.2. The van der Waals surface area contributed by atoms with Crippen molar-refractivity contribution < 1.29 is 4.74 Å². The second kappa shape index (κ2) is 12.6. The van der Waals surface area contributed by atoms with Gasteiger partial charge in [0.1, 0.15) is 5.75 Å². The molecule has 4 N–H and O–H groups in total. The number of unbranched alkanes of at least 4 members (excludes halogenated alkanes) is 1. The zero-order valence-electron chi connectivity index (χ0n) is 19.9. The van der Waals surface area contributed by atoms with Gasteiger partial charge in [-0.3, -0.25) is 0 Å². The van der Waals surface area contributed by atoms with Crippen LogP contribution in [0.1, 0.15) is 24.0 Å². The van der Waals surface area contributed by atoms with Crippen LogP contribution in [0.2, 0.25) is 0 Å². The van der Waals surface area contributed by atoms with Gasteiger partial charge in [0.2, 0.25) is 0 Å². The van der Waals surface area contributed by atoms with Gasteiger partial charge in [0.15, 0.2) is 11.1 Å². The number of ether oxygens (including phenoxy) is 1. The summed E-state index contributed by atoms with van der Waals surface area (Å²) in [4.78, 5) is 9.04. The maximum absolute atomic E-state index is 6.04. The average Bonchev–Trinajstić information content (AvgIpc) is 3.35. The van der Waals surface area contributed by atoms with Crippen molar-refractivity contribution in [3.63, 3.8) is 0 Å². The number of nitrogens with zero attached hydrogens (tertiary/aromatic N) is 2. The third-order valence-corrected chi connectivity index (χ3v) is 6.12. The number of anilines is 2. The van der Waals surface area contributed by atoms with Gasteiger partial charge in [-0.05, 0) is 49.6 Å². The maximum atomic E-state index is 6.04. The molecule has 0 aliphatic carbocycles. The van der Waals surface area contributed by atoms with Gasteiger partial charge in [-0.25, -0.2) is 9.98 Å². The van der Waals surface area contributed by atoms with E-state index in [0.29, 0.717) is 24.2 Å². The quantitative estimate of drug-likeness (QED) is 0.132. The Morgan fingerprint density at radius 3 is 2.66 bits per heavy atom. The molecule has 0 fully saturated rings. The third kappa shape index (κ3) is 7.86. The van der Waals surface area contributed by atoms with Crippen LogP contribution < -0.4 is 21.1 Å². The number of aryl methyl sites for hydroxylation is 1. The van der Waals surface area contributed by atoms with Gasteiger partial charge in [0, 0.05) is 23.2 Å². The number of hydrogen-bond donors (Lipinski definition) is 3. The lowest BCUT2D eigenvalue weighted by molar-refractivity contribution is 0.308. The summed E-state index contributed by atoms with van der Waals surface area (Å²) < 4.78 is 5.97. The van der Waals surface area contributed by atoms with Gasteiger partial charge in [0.05, 0.1) is 18.8 Å². The first-order valence-corrected chi connectivity index (χ1v) is 12.6. The molecule has 1 heterocycles. The van der Waals surface area contributed by atoms with Crippen molar-refractivity contribution in [2.45, 2.75) is 26.3 Å². The SMILES string of the molecule is Cc1ccc(NCCCCOc2cccc(-c3csc(NC(N)=NCc4ccccc4)n3)c2)cc1. The lowest BCUT2D eigenvalue weighted by Gasteiger charge is -2.09. The molecular weight excluding hydrogens is 454 g/mol. The second-order valence-corrected chi connectivity index (χ2v) is 9.08. The van der Waals surface area contributed by atoms with Crippen LogP contribution in [0.25, 0.3) is 11.3 Å². The van der Waals surface area contributed by atoms with Gasteiger partial charge in [-0.2, -0.15) is 0 Å². The molecule has 0 atom stereocenters. The molecule has 0 unspecified atom stereocenters. The molecule has 0 radical (unpaired) electrons. The Kier molecular flexibility index (Phi) is 8.73. The summed E-state index contributed by atoms with van der Waals surface area (Å²) in [5.41, 5.74) is 11.5. The third-order valence-electron chi connectivity index (χ3n) is 5.36. The van der Waals surface area contributed by atoms with Crippen LogP contribution >= 0.6 is 11.3 Å².